The molecule has 0 bridgehead atoms. The van der Waals surface area contributed by atoms with Crippen molar-refractivity contribution in [1.29, 1.82) is 0 Å². The average molecular weight is 302 g/mol. The van der Waals surface area contributed by atoms with Crippen LogP contribution >= 0.6 is 15.9 Å². The summed E-state index contributed by atoms with van der Waals surface area (Å²) in [4.78, 5) is 0. The Balaban J connectivity index is 1.60. The average Bonchev–Trinajstić information content (AvgIpc) is 3.23. The number of halogens is 1. The third-order valence-corrected chi connectivity index (χ3v) is 3.90. The highest BCUT2D eigenvalue weighted by atomic mass is 79.9. The number of rotatable bonds is 4. The predicted octanol–water partition coefficient (Wildman–Crippen LogP) is 4.94. The summed E-state index contributed by atoms with van der Waals surface area (Å²) in [6, 6.07) is 17.3. The molecule has 1 aliphatic carbocycles. The van der Waals surface area contributed by atoms with Crippen molar-refractivity contribution in [2.24, 2.45) is 0 Å². The second-order valence-electron chi connectivity index (χ2n) is 4.88. The summed E-state index contributed by atoms with van der Waals surface area (Å²) < 4.78 is 1.11. The van der Waals surface area contributed by atoms with Gasteiger partial charge in [0.15, 0.2) is 0 Å². The number of benzene rings is 2. The molecule has 1 N–H and O–H groups in total. The fraction of sp³-hybridized carbons (Fsp3) is 0.250. The van der Waals surface area contributed by atoms with Gasteiger partial charge in [-0.15, -0.1) is 0 Å². The largest absolute Gasteiger partial charge is 0.381 e. The van der Waals surface area contributed by atoms with Crippen LogP contribution in [0.2, 0.25) is 0 Å². The lowest BCUT2D eigenvalue weighted by molar-refractivity contribution is 1.10. The van der Waals surface area contributed by atoms with Gasteiger partial charge in [0, 0.05) is 16.7 Å². The maximum atomic E-state index is 3.44. The lowest BCUT2D eigenvalue weighted by Crippen LogP contribution is -1.99. The van der Waals surface area contributed by atoms with E-state index in [1.807, 2.05) is 0 Å². The van der Waals surface area contributed by atoms with Gasteiger partial charge in [0.25, 0.3) is 0 Å². The molecule has 0 aliphatic heterocycles. The second kappa shape index (κ2) is 5.15. The molecule has 18 heavy (non-hydrogen) atoms. The Labute approximate surface area is 116 Å². The van der Waals surface area contributed by atoms with Gasteiger partial charge in [-0.05, 0) is 54.2 Å². The number of nitrogens with one attached hydrogen (secondary N) is 1. The molecule has 92 valence electrons. The van der Waals surface area contributed by atoms with Crippen molar-refractivity contribution >= 4 is 21.6 Å². The van der Waals surface area contributed by atoms with E-state index < -0.39 is 0 Å². The summed E-state index contributed by atoms with van der Waals surface area (Å²) in [5.41, 5.74) is 3.99. The maximum Gasteiger partial charge on any atom is 0.0400 e. The lowest BCUT2D eigenvalue weighted by Gasteiger charge is -2.07. The van der Waals surface area contributed by atoms with Crippen molar-refractivity contribution in [1.82, 2.24) is 0 Å². The molecule has 0 radical (unpaired) electrons. The summed E-state index contributed by atoms with van der Waals surface area (Å²) in [6.07, 6.45) is 2.74. The molecule has 0 spiro atoms. The molecule has 2 heteroatoms. The van der Waals surface area contributed by atoms with E-state index >= 15 is 0 Å². The zero-order chi connectivity index (χ0) is 12.4. The molecule has 0 aromatic heterocycles. The molecule has 0 heterocycles. The van der Waals surface area contributed by atoms with Crippen molar-refractivity contribution in [3.63, 3.8) is 0 Å². The summed E-state index contributed by atoms with van der Waals surface area (Å²) in [5.74, 6) is 0.846. The summed E-state index contributed by atoms with van der Waals surface area (Å²) in [6.45, 7) is 0.882. The molecule has 2 aromatic carbocycles. The fourth-order valence-corrected chi connectivity index (χ4v) is 2.36. The van der Waals surface area contributed by atoms with E-state index in [1.54, 1.807) is 0 Å². The van der Waals surface area contributed by atoms with Crippen LogP contribution < -0.4 is 5.32 Å². The molecule has 3 rings (SSSR count). The zero-order valence-electron chi connectivity index (χ0n) is 10.2. The maximum absolute atomic E-state index is 3.44. The van der Waals surface area contributed by atoms with E-state index in [-0.39, 0.29) is 0 Å². The van der Waals surface area contributed by atoms with E-state index in [1.165, 1.54) is 24.0 Å². The summed E-state index contributed by atoms with van der Waals surface area (Å²) in [7, 11) is 0. The fourth-order valence-electron chi connectivity index (χ4n) is 2.10. The van der Waals surface area contributed by atoms with Gasteiger partial charge in [-0.3, -0.25) is 0 Å². The van der Waals surface area contributed by atoms with Crippen molar-refractivity contribution in [2.45, 2.75) is 25.3 Å². The minimum Gasteiger partial charge on any atom is -0.381 e. The van der Waals surface area contributed by atoms with Crippen LogP contribution in [0.1, 0.15) is 29.9 Å². The third-order valence-electron chi connectivity index (χ3n) is 3.37. The standard InChI is InChI=1S/C16H16BrN/c17-15-7-9-16(10-8-15)18-11-12-1-3-13(4-2-12)14-5-6-14/h1-4,7-10,14,18H,5-6,11H2. The molecule has 0 saturated heterocycles. The number of anilines is 1. The van der Waals surface area contributed by atoms with Gasteiger partial charge in [0.05, 0.1) is 0 Å². The minimum absolute atomic E-state index is 0.846. The van der Waals surface area contributed by atoms with E-state index in [9.17, 15) is 0 Å². The Morgan fingerprint density at radius 1 is 0.944 bits per heavy atom. The van der Waals surface area contributed by atoms with Gasteiger partial charge >= 0.3 is 0 Å². The minimum atomic E-state index is 0.846. The molecule has 1 nitrogen and oxygen atoms in total. The quantitative estimate of drug-likeness (QED) is 0.843. The number of hydrogen-bond donors (Lipinski definition) is 1. The van der Waals surface area contributed by atoms with Crippen LogP contribution in [0.25, 0.3) is 0 Å². The van der Waals surface area contributed by atoms with Crippen LogP contribution in [-0.4, -0.2) is 0 Å². The Kier molecular flexibility index (Phi) is 3.37. The van der Waals surface area contributed by atoms with Gasteiger partial charge in [0.1, 0.15) is 0 Å². The van der Waals surface area contributed by atoms with E-state index in [4.69, 9.17) is 0 Å². The van der Waals surface area contributed by atoms with Gasteiger partial charge in [-0.2, -0.15) is 0 Å². The first-order valence-corrected chi connectivity index (χ1v) is 7.19. The van der Waals surface area contributed by atoms with Gasteiger partial charge in [0.2, 0.25) is 0 Å². The van der Waals surface area contributed by atoms with Gasteiger partial charge < -0.3 is 5.32 Å². The molecule has 1 aliphatic rings. The van der Waals surface area contributed by atoms with Crippen LogP contribution in [0.4, 0.5) is 5.69 Å². The summed E-state index contributed by atoms with van der Waals surface area (Å²) in [5, 5.41) is 3.43. The zero-order valence-corrected chi connectivity index (χ0v) is 11.8. The third kappa shape index (κ3) is 2.94. The van der Waals surface area contributed by atoms with Crippen molar-refractivity contribution in [3.8, 4) is 0 Å². The SMILES string of the molecule is Brc1ccc(NCc2ccc(C3CC3)cc2)cc1. The molecular weight excluding hydrogens is 286 g/mol. The van der Waals surface area contributed by atoms with Crippen LogP contribution in [-0.2, 0) is 6.54 Å². The van der Waals surface area contributed by atoms with Gasteiger partial charge in [-0.1, -0.05) is 40.2 Å². The van der Waals surface area contributed by atoms with E-state index in [0.29, 0.717) is 0 Å². The van der Waals surface area contributed by atoms with Crippen LogP contribution in [0.5, 0.6) is 0 Å². The van der Waals surface area contributed by atoms with Crippen LogP contribution in [0, 0.1) is 0 Å². The van der Waals surface area contributed by atoms with Crippen molar-refractivity contribution in [2.75, 3.05) is 5.32 Å². The molecule has 0 atom stereocenters. The van der Waals surface area contributed by atoms with Crippen LogP contribution in [0.3, 0.4) is 0 Å². The van der Waals surface area contributed by atoms with Crippen molar-refractivity contribution < 1.29 is 0 Å². The highest BCUT2D eigenvalue weighted by molar-refractivity contribution is 9.10. The Morgan fingerprint density at radius 2 is 1.61 bits per heavy atom. The lowest BCUT2D eigenvalue weighted by atomic mass is 10.1. The first-order chi connectivity index (χ1) is 8.81. The molecule has 1 fully saturated rings. The molecule has 2 aromatic rings. The monoisotopic (exact) mass is 301 g/mol. The normalized spacial score (nSPS) is 14.5. The summed E-state index contributed by atoms with van der Waals surface area (Å²) >= 11 is 3.44. The molecular formula is C16H16BrN. The van der Waals surface area contributed by atoms with E-state index in [0.717, 1.165) is 22.6 Å². The smallest absolute Gasteiger partial charge is 0.0400 e. The highest BCUT2D eigenvalue weighted by Gasteiger charge is 2.22. The van der Waals surface area contributed by atoms with Crippen molar-refractivity contribution in [3.05, 3.63) is 64.1 Å². The first kappa shape index (κ1) is 11.8. The molecule has 0 unspecified atom stereocenters. The Bertz CT molecular complexity index is 512. The van der Waals surface area contributed by atoms with Gasteiger partial charge in [-0.25, -0.2) is 0 Å². The predicted molar refractivity (Wildman–Crippen MR) is 79.9 cm³/mol. The number of hydrogen-bond acceptors (Lipinski definition) is 1. The Hall–Kier alpha value is -1.28. The first-order valence-electron chi connectivity index (χ1n) is 6.39. The van der Waals surface area contributed by atoms with E-state index in [2.05, 4.69) is 69.8 Å². The van der Waals surface area contributed by atoms with Crippen LogP contribution in [0.15, 0.2) is 53.0 Å². The molecule has 0 amide bonds. The highest BCUT2D eigenvalue weighted by Crippen LogP contribution is 2.39. The Morgan fingerprint density at radius 3 is 2.22 bits per heavy atom. The topological polar surface area (TPSA) is 12.0 Å². The molecule has 1 saturated carbocycles. The second-order valence-corrected chi connectivity index (χ2v) is 5.79.